The summed E-state index contributed by atoms with van der Waals surface area (Å²) in [6.07, 6.45) is 1.55. The van der Waals surface area contributed by atoms with Gasteiger partial charge in [-0.3, -0.25) is 14.3 Å². The van der Waals surface area contributed by atoms with E-state index >= 15 is 0 Å². The van der Waals surface area contributed by atoms with Crippen LogP contribution in [0.2, 0.25) is 0 Å². The van der Waals surface area contributed by atoms with E-state index < -0.39 is 15.9 Å². The van der Waals surface area contributed by atoms with Gasteiger partial charge in [-0.05, 0) is 29.7 Å². The number of amides is 1. The predicted molar refractivity (Wildman–Crippen MR) is 76.8 cm³/mol. The van der Waals surface area contributed by atoms with E-state index in [9.17, 15) is 18.0 Å². The highest BCUT2D eigenvalue weighted by Crippen LogP contribution is 2.18. The lowest BCUT2D eigenvalue weighted by Gasteiger charge is -2.10. The molecule has 1 aromatic carbocycles. The topological polar surface area (TPSA) is 106 Å². The van der Waals surface area contributed by atoms with Crippen LogP contribution in [0.4, 0.5) is 5.69 Å². The maximum absolute atomic E-state index is 11.6. The molecular formula is C13H18N2O4S. The summed E-state index contributed by atoms with van der Waals surface area (Å²) in [5.41, 5.74) is 7.06. The van der Waals surface area contributed by atoms with E-state index in [2.05, 4.69) is 4.72 Å². The summed E-state index contributed by atoms with van der Waals surface area (Å²) in [7, 11) is -3.33. The molecule has 0 aliphatic rings. The third kappa shape index (κ3) is 5.40. The van der Waals surface area contributed by atoms with Gasteiger partial charge < -0.3 is 5.73 Å². The molecule has 0 aliphatic heterocycles. The maximum Gasteiger partial charge on any atom is 0.229 e. The number of hydrogen-bond acceptors (Lipinski definition) is 4. The molecule has 0 unspecified atom stereocenters. The number of carbonyl (C=O) groups excluding carboxylic acids is 2. The van der Waals surface area contributed by atoms with Crippen molar-refractivity contribution in [2.24, 2.45) is 5.73 Å². The zero-order chi connectivity index (χ0) is 15.3. The quantitative estimate of drug-likeness (QED) is 0.719. The first kappa shape index (κ1) is 16.2. The number of ketones is 1. The lowest BCUT2D eigenvalue weighted by Crippen LogP contribution is -2.18. The smallest absolute Gasteiger partial charge is 0.229 e. The molecule has 0 heterocycles. The van der Waals surface area contributed by atoms with Gasteiger partial charge in [-0.25, -0.2) is 8.42 Å². The zero-order valence-electron chi connectivity index (χ0n) is 11.5. The van der Waals surface area contributed by atoms with Gasteiger partial charge in [-0.2, -0.15) is 0 Å². The molecule has 0 atom stereocenters. The largest absolute Gasteiger partial charge is 0.369 e. The van der Waals surface area contributed by atoms with Gasteiger partial charge >= 0.3 is 0 Å². The summed E-state index contributed by atoms with van der Waals surface area (Å²) >= 11 is 0. The maximum atomic E-state index is 11.6. The second-order valence-corrected chi connectivity index (χ2v) is 6.32. The Kier molecular flexibility index (Phi) is 5.26. The number of anilines is 1. The minimum Gasteiger partial charge on any atom is -0.369 e. The molecule has 0 spiro atoms. The predicted octanol–water partition coefficient (Wildman–Crippen LogP) is 0.608. The van der Waals surface area contributed by atoms with E-state index in [0.29, 0.717) is 12.1 Å². The number of benzene rings is 1. The average Bonchev–Trinajstić information content (AvgIpc) is 2.28. The Morgan fingerprint density at radius 1 is 1.25 bits per heavy atom. The molecular weight excluding hydrogens is 280 g/mol. The Morgan fingerprint density at radius 3 is 2.40 bits per heavy atom. The van der Waals surface area contributed by atoms with Crippen LogP contribution in [-0.2, 0) is 32.5 Å². The van der Waals surface area contributed by atoms with Crippen molar-refractivity contribution in [2.75, 3.05) is 11.0 Å². The lowest BCUT2D eigenvalue weighted by molar-refractivity contribution is -0.126. The number of sulfonamides is 1. The second kappa shape index (κ2) is 6.51. The Hall–Kier alpha value is -1.89. The number of rotatable bonds is 7. The van der Waals surface area contributed by atoms with Gasteiger partial charge in [0.2, 0.25) is 15.9 Å². The number of nitrogens with one attached hydrogen (secondary N) is 1. The van der Waals surface area contributed by atoms with Crippen LogP contribution in [0.1, 0.15) is 24.5 Å². The van der Waals surface area contributed by atoms with Crippen LogP contribution in [0.5, 0.6) is 0 Å². The van der Waals surface area contributed by atoms with Crippen molar-refractivity contribution >= 4 is 27.4 Å². The summed E-state index contributed by atoms with van der Waals surface area (Å²) in [6, 6.07) is 4.96. The average molecular weight is 298 g/mol. The van der Waals surface area contributed by atoms with E-state index in [4.69, 9.17) is 5.73 Å². The molecule has 0 radical (unpaired) electrons. The van der Waals surface area contributed by atoms with Crippen LogP contribution in [-0.4, -0.2) is 26.4 Å². The summed E-state index contributed by atoms with van der Waals surface area (Å²) < 4.78 is 24.7. The van der Waals surface area contributed by atoms with Crippen LogP contribution >= 0.6 is 0 Å². The van der Waals surface area contributed by atoms with E-state index in [1.165, 1.54) is 0 Å². The Morgan fingerprint density at radius 2 is 1.90 bits per heavy atom. The first-order valence-electron chi connectivity index (χ1n) is 6.11. The molecule has 110 valence electrons. The highest BCUT2D eigenvalue weighted by Gasteiger charge is 2.11. The second-order valence-electron chi connectivity index (χ2n) is 4.57. The number of carbonyl (C=O) groups is 2. The van der Waals surface area contributed by atoms with Crippen LogP contribution in [0, 0.1) is 0 Å². The van der Waals surface area contributed by atoms with Gasteiger partial charge in [-0.15, -0.1) is 0 Å². The van der Waals surface area contributed by atoms with E-state index in [1.54, 1.807) is 18.2 Å². The van der Waals surface area contributed by atoms with E-state index in [-0.39, 0.29) is 18.6 Å². The first-order chi connectivity index (χ1) is 9.21. The number of aryl methyl sites for hydroxylation is 1. The SMILES string of the molecule is CCc1cc(NS(C)(=O)=O)ccc1CC(=O)CC(N)=O. The van der Waals surface area contributed by atoms with Gasteiger partial charge in [0, 0.05) is 12.1 Å². The summed E-state index contributed by atoms with van der Waals surface area (Å²) in [4.78, 5) is 22.3. The fraction of sp³-hybridized carbons (Fsp3) is 0.385. The third-order valence-electron chi connectivity index (χ3n) is 2.65. The number of nitrogens with two attached hydrogens (primary N) is 1. The first-order valence-corrected chi connectivity index (χ1v) is 8.00. The van der Waals surface area contributed by atoms with Crippen molar-refractivity contribution in [1.82, 2.24) is 0 Å². The van der Waals surface area contributed by atoms with Gasteiger partial charge in [0.1, 0.15) is 5.78 Å². The van der Waals surface area contributed by atoms with Crippen molar-refractivity contribution in [3.8, 4) is 0 Å². The van der Waals surface area contributed by atoms with Gasteiger partial charge in [0.15, 0.2) is 0 Å². The molecule has 0 bridgehead atoms. The highest BCUT2D eigenvalue weighted by atomic mass is 32.2. The normalized spacial score (nSPS) is 11.1. The Bertz CT molecular complexity index is 623. The standard InChI is InChI=1S/C13H18N2O4S/c1-3-9-6-11(15-20(2,18)19)5-4-10(9)7-12(16)8-13(14)17/h4-6,15H,3,7-8H2,1-2H3,(H2,14,17). The molecule has 20 heavy (non-hydrogen) atoms. The Labute approximate surface area is 118 Å². The fourth-order valence-corrected chi connectivity index (χ4v) is 2.43. The third-order valence-corrected chi connectivity index (χ3v) is 3.26. The van der Waals surface area contributed by atoms with Gasteiger partial charge in [0.05, 0.1) is 12.7 Å². The lowest BCUT2D eigenvalue weighted by atomic mass is 9.99. The van der Waals surface area contributed by atoms with Crippen molar-refractivity contribution in [3.05, 3.63) is 29.3 Å². The number of hydrogen-bond donors (Lipinski definition) is 2. The monoisotopic (exact) mass is 298 g/mol. The minimum absolute atomic E-state index is 0.116. The van der Waals surface area contributed by atoms with Crippen molar-refractivity contribution in [1.29, 1.82) is 0 Å². The Balaban J connectivity index is 2.93. The summed E-state index contributed by atoms with van der Waals surface area (Å²) in [6.45, 7) is 1.90. The number of Topliss-reactive ketones (excluding diaryl/α,β-unsaturated/α-hetero) is 1. The highest BCUT2D eigenvalue weighted by molar-refractivity contribution is 7.92. The molecule has 3 N–H and O–H groups in total. The molecule has 1 aromatic rings. The van der Waals surface area contributed by atoms with Crippen LogP contribution in [0.3, 0.4) is 0 Å². The number of primary amides is 1. The molecule has 6 nitrogen and oxygen atoms in total. The molecule has 0 saturated heterocycles. The van der Waals surface area contributed by atoms with Crippen LogP contribution < -0.4 is 10.5 Å². The van der Waals surface area contributed by atoms with Crippen molar-refractivity contribution in [3.63, 3.8) is 0 Å². The van der Waals surface area contributed by atoms with E-state index in [0.717, 1.165) is 17.4 Å². The van der Waals surface area contributed by atoms with Crippen LogP contribution in [0.25, 0.3) is 0 Å². The zero-order valence-corrected chi connectivity index (χ0v) is 12.3. The van der Waals surface area contributed by atoms with Gasteiger partial charge in [-0.1, -0.05) is 13.0 Å². The summed E-state index contributed by atoms with van der Waals surface area (Å²) in [5.74, 6) is -0.903. The molecule has 0 aromatic heterocycles. The molecule has 0 saturated carbocycles. The fourth-order valence-electron chi connectivity index (χ4n) is 1.87. The minimum atomic E-state index is -3.33. The van der Waals surface area contributed by atoms with Crippen molar-refractivity contribution in [2.45, 2.75) is 26.2 Å². The van der Waals surface area contributed by atoms with Crippen LogP contribution in [0.15, 0.2) is 18.2 Å². The summed E-state index contributed by atoms with van der Waals surface area (Å²) in [5, 5.41) is 0. The van der Waals surface area contributed by atoms with Gasteiger partial charge in [0.25, 0.3) is 0 Å². The van der Waals surface area contributed by atoms with E-state index in [1.807, 2.05) is 6.92 Å². The molecule has 0 aliphatic carbocycles. The molecule has 1 amide bonds. The molecule has 1 rings (SSSR count). The van der Waals surface area contributed by atoms with Crippen molar-refractivity contribution < 1.29 is 18.0 Å². The molecule has 0 fully saturated rings. The molecule has 7 heteroatoms.